The molecule has 4 heteroatoms. The Balaban J connectivity index is 1.86. The lowest BCUT2D eigenvalue weighted by Gasteiger charge is -2.14. The van der Waals surface area contributed by atoms with Gasteiger partial charge in [0.1, 0.15) is 5.75 Å². The number of benzene rings is 1. The van der Waals surface area contributed by atoms with Gasteiger partial charge in [0.25, 0.3) is 0 Å². The zero-order valence-corrected chi connectivity index (χ0v) is 11.5. The van der Waals surface area contributed by atoms with Gasteiger partial charge in [0, 0.05) is 11.6 Å². The van der Waals surface area contributed by atoms with Crippen molar-refractivity contribution in [2.24, 2.45) is 0 Å². The van der Waals surface area contributed by atoms with Gasteiger partial charge in [0.15, 0.2) is 0 Å². The van der Waals surface area contributed by atoms with Gasteiger partial charge >= 0.3 is 0 Å². The first-order valence-corrected chi connectivity index (χ1v) is 6.77. The van der Waals surface area contributed by atoms with Crippen molar-refractivity contribution < 1.29 is 14.6 Å². The van der Waals surface area contributed by atoms with Gasteiger partial charge in [0.05, 0.1) is 19.1 Å². The van der Waals surface area contributed by atoms with Gasteiger partial charge in [-0.05, 0) is 38.8 Å². The van der Waals surface area contributed by atoms with E-state index in [4.69, 9.17) is 4.74 Å². The number of rotatable bonds is 6. The number of aliphatic hydroxyl groups is 1. The zero-order chi connectivity index (χ0) is 13.8. The smallest absolute Gasteiger partial charge is 0.223 e. The van der Waals surface area contributed by atoms with Crippen LogP contribution in [0.4, 0.5) is 0 Å². The van der Waals surface area contributed by atoms with Crippen LogP contribution >= 0.6 is 0 Å². The summed E-state index contributed by atoms with van der Waals surface area (Å²) in [6, 6.07) is 6.08. The van der Waals surface area contributed by atoms with Crippen LogP contribution < -0.4 is 10.1 Å². The van der Waals surface area contributed by atoms with Crippen LogP contribution in [0, 0.1) is 6.92 Å². The number of aryl methyl sites for hydroxylation is 1. The normalized spacial score (nSPS) is 15.9. The van der Waals surface area contributed by atoms with Crippen LogP contribution in [-0.4, -0.2) is 23.7 Å². The molecule has 4 nitrogen and oxygen atoms in total. The van der Waals surface area contributed by atoms with Crippen LogP contribution in [0.2, 0.25) is 0 Å². The third kappa shape index (κ3) is 4.24. The first kappa shape index (κ1) is 13.9. The fourth-order valence-electron chi connectivity index (χ4n) is 1.91. The lowest BCUT2D eigenvalue weighted by Crippen LogP contribution is -2.26. The highest BCUT2D eigenvalue weighted by atomic mass is 16.5. The summed E-state index contributed by atoms with van der Waals surface area (Å²) in [5.41, 5.74) is 1.84. The van der Waals surface area contributed by atoms with E-state index in [1.165, 1.54) is 0 Å². The standard InChI is InChI=1S/C15H21NO3/c1-10-3-6-14(13(9-10)11(2)17)19-8-7-15(18)16-12-4-5-12/h3,6,9,11-12,17H,4-5,7-8H2,1-2H3,(H,16,18)/t11-/m0/s1. The fourth-order valence-corrected chi connectivity index (χ4v) is 1.91. The molecule has 0 bridgehead atoms. The van der Waals surface area contributed by atoms with E-state index in [1.54, 1.807) is 6.92 Å². The van der Waals surface area contributed by atoms with Gasteiger partial charge in [0.2, 0.25) is 5.91 Å². The molecule has 0 saturated heterocycles. The Morgan fingerprint density at radius 3 is 2.89 bits per heavy atom. The fraction of sp³-hybridized carbons (Fsp3) is 0.533. The summed E-state index contributed by atoms with van der Waals surface area (Å²) < 4.78 is 5.61. The number of hydrogen-bond acceptors (Lipinski definition) is 3. The molecule has 2 N–H and O–H groups in total. The third-order valence-electron chi connectivity index (χ3n) is 3.14. The Morgan fingerprint density at radius 1 is 1.53 bits per heavy atom. The van der Waals surface area contributed by atoms with E-state index in [1.807, 2.05) is 25.1 Å². The first-order valence-electron chi connectivity index (χ1n) is 6.77. The minimum Gasteiger partial charge on any atom is -0.493 e. The summed E-state index contributed by atoms with van der Waals surface area (Å²) in [4.78, 5) is 11.5. The molecule has 0 aromatic heterocycles. The Hall–Kier alpha value is -1.55. The molecule has 1 aliphatic carbocycles. The molecule has 104 valence electrons. The highest BCUT2D eigenvalue weighted by molar-refractivity contribution is 5.76. The molecular weight excluding hydrogens is 242 g/mol. The van der Waals surface area contributed by atoms with Gasteiger partial charge in [-0.2, -0.15) is 0 Å². The summed E-state index contributed by atoms with van der Waals surface area (Å²) >= 11 is 0. The Bertz CT molecular complexity index is 453. The molecule has 1 fully saturated rings. The quantitative estimate of drug-likeness (QED) is 0.826. The van der Waals surface area contributed by atoms with Gasteiger partial charge in [-0.15, -0.1) is 0 Å². The van der Waals surface area contributed by atoms with E-state index in [0.29, 0.717) is 24.8 Å². The Morgan fingerprint density at radius 2 is 2.26 bits per heavy atom. The van der Waals surface area contributed by atoms with Gasteiger partial charge in [-0.25, -0.2) is 0 Å². The van der Waals surface area contributed by atoms with Crippen LogP contribution in [0.3, 0.4) is 0 Å². The van der Waals surface area contributed by atoms with Crippen LogP contribution in [0.1, 0.15) is 43.4 Å². The maximum Gasteiger partial charge on any atom is 0.223 e. The molecule has 0 heterocycles. The van der Waals surface area contributed by atoms with Crippen molar-refractivity contribution in [1.82, 2.24) is 5.32 Å². The van der Waals surface area contributed by atoms with E-state index in [9.17, 15) is 9.90 Å². The Labute approximate surface area is 113 Å². The SMILES string of the molecule is Cc1ccc(OCCC(=O)NC2CC2)c([C@H](C)O)c1. The average molecular weight is 263 g/mol. The van der Waals surface area contributed by atoms with Crippen molar-refractivity contribution >= 4 is 5.91 Å². The Kier molecular flexibility index (Phi) is 4.43. The number of carbonyl (C=O) groups is 1. The molecule has 1 amide bonds. The lowest BCUT2D eigenvalue weighted by molar-refractivity contribution is -0.121. The van der Waals surface area contributed by atoms with Crippen LogP contribution in [0.25, 0.3) is 0 Å². The largest absolute Gasteiger partial charge is 0.493 e. The third-order valence-corrected chi connectivity index (χ3v) is 3.14. The predicted octanol–water partition coefficient (Wildman–Crippen LogP) is 2.10. The van der Waals surface area contributed by atoms with Crippen molar-refractivity contribution in [3.05, 3.63) is 29.3 Å². The minimum atomic E-state index is -0.574. The molecular formula is C15H21NO3. The topological polar surface area (TPSA) is 58.6 Å². The summed E-state index contributed by atoms with van der Waals surface area (Å²) in [6.45, 7) is 4.02. The number of hydrogen-bond donors (Lipinski definition) is 2. The number of amides is 1. The van der Waals surface area contributed by atoms with E-state index in [0.717, 1.165) is 24.0 Å². The molecule has 1 atom stereocenters. The second kappa shape index (κ2) is 6.06. The van der Waals surface area contributed by atoms with E-state index in [-0.39, 0.29) is 5.91 Å². The van der Waals surface area contributed by atoms with Gasteiger partial charge < -0.3 is 15.2 Å². The molecule has 1 saturated carbocycles. The molecule has 0 radical (unpaired) electrons. The first-order chi connectivity index (χ1) is 9.06. The summed E-state index contributed by atoms with van der Waals surface area (Å²) in [5, 5.41) is 12.6. The van der Waals surface area contributed by atoms with Crippen molar-refractivity contribution in [2.75, 3.05) is 6.61 Å². The van der Waals surface area contributed by atoms with Crippen molar-refractivity contribution in [2.45, 2.75) is 45.3 Å². The molecule has 1 aromatic rings. The second-order valence-electron chi connectivity index (χ2n) is 5.16. The zero-order valence-electron chi connectivity index (χ0n) is 11.5. The maximum absolute atomic E-state index is 11.5. The summed E-state index contributed by atoms with van der Waals surface area (Å²) in [7, 11) is 0. The molecule has 0 unspecified atom stereocenters. The molecule has 2 rings (SSSR count). The molecule has 19 heavy (non-hydrogen) atoms. The van der Waals surface area contributed by atoms with Crippen LogP contribution in [0.15, 0.2) is 18.2 Å². The summed E-state index contributed by atoms with van der Waals surface area (Å²) in [6.07, 6.45) is 1.96. The summed E-state index contributed by atoms with van der Waals surface area (Å²) in [5.74, 6) is 0.688. The lowest BCUT2D eigenvalue weighted by atomic mass is 10.1. The van der Waals surface area contributed by atoms with Crippen molar-refractivity contribution in [3.63, 3.8) is 0 Å². The number of carbonyl (C=O) groups excluding carboxylic acids is 1. The minimum absolute atomic E-state index is 0.0354. The second-order valence-corrected chi connectivity index (χ2v) is 5.16. The van der Waals surface area contributed by atoms with E-state index in [2.05, 4.69) is 5.32 Å². The van der Waals surface area contributed by atoms with E-state index < -0.39 is 6.10 Å². The van der Waals surface area contributed by atoms with E-state index >= 15 is 0 Å². The molecule has 1 aromatic carbocycles. The van der Waals surface area contributed by atoms with Crippen molar-refractivity contribution in [1.29, 1.82) is 0 Å². The molecule has 1 aliphatic rings. The maximum atomic E-state index is 11.5. The van der Waals surface area contributed by atoms with Gasteiger partial charge in [-0.3, -0.25) is 4.79 Å². The molecule has 0 spiro atoms. The monoisotopic (exact) mass is 263 g/mol. The average Bonchev–Trinajstić information content (AvgIpc) is 3.14. The van der Waals surface area contributed by atoms with Crippen LogP contribution in [-0.2, 0) is 4.79 Å². The number of aliphatic hydroxyl groups excluding tert-OH is 1. The number of ether oxygens (including phenoxy) is 1. The highest BCUT2D eigenvalue weighted by Crippen LogP contribution is 2.26. The van der Waals surface area contributed by atoms with Crippen molar-refractivity contribution in [3.8, 4) is 5.75 Å². The predicted molar refractivity (Wildman–Crippen MR) is 73.1 cm³/mol. The highest BCUT2D eigenvalue weighted by Gasteiger charge is 2.22. The van der Waals surface area contributed by atoms with Gasteiger partial charge in [-0.1, -0.05) is 11.6 Å². The number of nitrogens with one attached hydrogen (secondary N) is 1. The van der Waals surface area contributed by atoms with Crippen LogP contribution in [0.5, 0.6) is 5.75 Å². The molecule has 0 aliphatic heterocycles.